The summed E-state index contributed by atoms with van der Waals surface area (Å²) in [6, 6.07) is 4.06. The monoisotopic (exact) mass is 161 g/mol. The van der Waals surface area contributed by atoms with Crippen LogP contribution in [0.15, 0.2) is 18.2 Å². The first kappa shape index (κ1) is 4.86. The number of rotatable bonds is 0. The van der Waals surface area contributed by atoms with E-state index in [2.05, 4.69) is 6.07 Å². The molecule has 0 radical (unpaired) electrons. The van der Waals surface area contributed by atoms with Gasteiger partial charge in [0.1, 0.15) is 0 Å². The minimum Gasteiger partial charge on any atom is -0.0765 e. The van der Waals surface area contributed by atoms with Gasteiger partial charge in [0.25, 0.3) is 0 Å². The molecule has 0 atom stereocenters. The molecule has 1 aliphatic carbocycles. The molecule has 0 amide bonds. The van der Waals surface area contributed by atoms with E-state index < -0.39 is 6.85 Å². The highest BCUT2D eigenvalue weighted by Crippen LogP contribution is 2.31. The summed E-state index contributed by atoms with van der Waals surface area (Å²) in [4.78, 5) is 0. The number of hydrogen-bond donors (Lipinski definition) is 0. The van der Waals surface area contributed by atoms with Crippen LogP contribution in [-0.2, 0) is 6.42 Å². The molecule has 0 unspecified atom stereocenters. The number of aryl methyl sites for hydroxylation is 2. The summed E-state index contributed by atoms with van der Waals surface area (Å²) >= 11 is 0. The van der Waals surface area contributed by atoms with Gasteiger partial charge in [-0.3, -0.25) is 0 Å². The highest BCUT2D eigenvalue weighted by Gasteiger charge is 2.14. The summed E-state index contributed by atoms with van der Waals surface area (Å²) in [5.74, 6) is 0. The maximum Gasteiger partial charge on any atom is 0.0280 e. The Balaban J connectivity index is 2.62. The molecule has 0 bridgehead atoms. The van der Waals surface area contributed by atoms with Gasteiger partial charge in [-0.25, -0.2) is 0 Å². The van der Waals surface area contributed by atoms with E-state index in [1.807, 2.05) is 26.0 Å². The zero-order chi connectivity index (χ0) is 11.2. The smallest absolute Gasteiger partial charge is 0.0280 e. The Morgan fingerprint density at radius 1 is 1.25 bits per heavy atom. The zero-order valence-electron chi connectivity index (χ0n) is 10.4. The molecule has 0 aromatic heterocycles. The molecule has 1 aromatic carbocycles. The minimum atomic E-state index is -1.98. The van der Waals surface area contributed by atoms with Crippen molar-refractivity contribution in [3.05, 3.63) is 40.5 Å². The molecule has 0 spiro atoms. The van der Waals surface area contributed by atoms with Gasteiger partial charge in [-0.2, -0.15) is 0 Å². The van der Waals surface area contributed by atoms with Crippen molar-refractivity contribution < 1.29 is 4.11 Å². The molecule has 62 valence electrons. The number of benzene rings is 1. The fourth-order valence-corrected chi connectivity index (χ4v) is 1.81. The van der Waals surface area contributed by atoms with E-state index in [0.717, 1.165) is 17.5 Å². The highest BCUT2D eigenvalue weighted by atomic mass is 14.2. The summed E-state index contributed by atoms with van der Waals surface area (Å²) in [6.07, 6.45) is 2.61. The van der Waals surface area contributed by atoms with Crippen molar-refractivity contribution >= 4 is 5.57 Å². The Bertz CT molecular complexity index is 439. The van der Waals surface area contributed by atoms with Crippen LogP contribution >= 0.6 is 0 Å². The van der Waals surface area contributed by atoms with Crippen LogP contribution in [0.25, 0.3) is 5.57 Å². The molecule has 0 fully saturated rings. The third-order valence-electron chi connectivity index (χ3n) is 2.54. The van der Waals surface area contributed by atoms with Gasteiger partial charge in [0.15, 0.2) is 0 Å². The van der Waals surface area contributed by atoms with Crippen LogP contribution < -0.4 is 0 Å². The Morgan fingerprint density at radius 2 is 2.00 bits per heavy atom. The Kier molecular flexibility index (Phi) is 1.00. The van der Waals surface area contributed by atoms with Crippen molar-refractivity contribution in [1.82, 2.24) is 0 Å². The van der Waals surface area contributed by atoms with E-state index in [4.69, 9.17) is 4.11 Å². The van der Waals surface area contributed by atoms with Gasteiger partial charge < -0.3 is 0 Å². The van der Waals surface area contributed by atoms with Crippen molar-refractivity contribution in [2.45, 2.75) is 27.1 Å². The normalized spacial score (nSPS) is 19.2. The van der Waals surface area contributed by atoms with Gasteiger partial charge in [0.05, 0.1) is 0 Å². The molecular weight excluding hydrogens is 144 g/mol. The van der Waals surface area contributed by atoms with Gasteiger partial charge >= 0.3 is 0 Å². The maximum absolute atomic E-state index is 7.49. The van der Waals surface area contributed by atoms with E-state index in [1.54, 1.807) is 0 Å². The third kappa shape index (κ3) is 0.911. The molecule has 0 N–H and O–H groups in total. The lowest BCUT2D eigenvalue weighted by molar-refractivity contribution is 1.22. The second-order valence-corrected chi connectivity index (χ2v) is 3.37. The molecular formula is C12H14. The molecule has 0 heterocycles. The van der Waals surface area contributed by atoms with Crippen LogP contribution in [0.1, 0.15) is 33.2 Å². The molecule has 0 nitrogen and oxygen atoms in total. The van der Waals surface area contributed by atoms with E-state index in [9.17, 15) is 0 Å². The van der Waals surface area contributed by atoms with E-state index in [0.29, 0.717) is 5.57 Å². The second-order valence-electron chi connectivity index (χ2n) is 3.37. The Hall–Kier alpha value is -1.04. The number of allylic oxidation sites excluding steroid dienone is 2. The lowest BCUT2D eigenvalue weighted by Gasteiger charge is -2.08. The van der Waals surface area contributed by atoms with E-state index >= 15 is 0 Å². The third-order valence-corrected chi connectivity index (χ3v) is 2.54. The van der Waals surface area contributed by atoms with Crippen LogP contribution in [-0.4, -0.2) is 0 Å². The Labute approximate surface area is 78.1 Å². The van der Waals surface area contributed by atoms with Crippen molar-refractivity contribution in [2.24, 2.45) is 0 Å². The average molecular weight is 161 g/mol. The fourth-order valence-electron chi connectivity index (χ4n) is 1.81. The molecule has 1 aliphatic rings. The Morgan fingerprint density at radius 3 is 2.75 bits per heavy atom. The molecule has 0 aliphatic heterocycles. The lowest BCUT2D eigenvalue weighted by atomic mass is 9.97. The van der Waals surface area contributed by atoms with Crippen LogP contribution in [0.2, 0.25) is 0 Å². The van der Waals surface area contributed by atoms with Crippen molar-refractivity contribution in [3.8, 4) is 0 Å². The summed E-state index contributed by atoms with van der Waals surface area (Å²) < 4.78 is 22.5. The molecule has 0 saturated heterocycles. The zero-order valence-corrected chi connectivity index (χ0v) is 7.44. The van der Waals surface area contributed by atoms with Gasteiger partial charge in [0.2, 0.25) is 0 Å². The quantitative estimate of drug-likeness (QED) is 0.548. The topological polar surface area (TPSA) is 0 Å². The van der Waals surface area contributed by atoms with Gasteiger partial charge in [-0.1, -0.05) is 18.2 Å². The van der Waals surface area contributed by atoms with Crippen LogP contribution in [0.4, 0.5) is 0 Å². The molecule has 1 aromatic rings. The first-order chi connectivity index (χ1) is 6.91. The van der Waals surface area contributed by atoms with Crippen LogP contribution in [0.5, 0.6) is 0 Å². The van der Waals surface area contributed by atoms with Gasteiger partial charge in [0, 0.05) is 4.11 Å². The first-order valence-electron chi connectivity index (χ1n) is 5.71. The standard InChI is InChI=1S/C12H14/c1-8-4-5-9(2)12-10(3)6-7-11(8)12/h4-6H,7H2,1-3H3/i3D3. The summed E-state index contributed by atoms with van der Waals surface area (Å²) in [6.45, 7) is 2.03. The number of fused-ring (bicyclic) bond motifs is 1. The lowest BCUT2D eigenvalue weighted by Crippen LogP contribution is -1.91. The van der Waals surface area contributed by atoms with E-state index in [1.165, 1.54) is 11.1 Å². The summed E-state index contributed by atoms with van der Waals surface area (Å²) in [7, 11) is 0. The highest BCUT2D eigenvalue weighted by molar-refractivity contribution is 5.74. The van der Waals surface area contributed by atoms with Crippen molar-refractivity contribution in [3.63, 3.8) is 0 Å². The minimum absolute atomic E-state index is 0.527. The molecule has 12 heavy (non-hydrogen) atoms. The van der Waals surface area contributed by atoms with Crippen LogP contribution in [0, 0.1) is 13.8 Å². The first-order valence-corrected chi connectivity index (χ1v) is 4.21. The summed E-state index contributed by atoms with van der Waals surface area (Å²) in [5, 5.41) is 0. The number of hydrogen-bond acceptors (Lipinski definition) is 0. The molecule has 2 rings (SSSR count). The van der Waals surface area contributed by atoms with Gasteiger partial charge in [-0.15, -0.1) is 0 Å². The largest absolute Gasteiger partial charge is 0.0765 e. The SMILES string of the molecule is [2H]C([2H])([2H])C1=CCc2c(C)ccc(C)c21. The maximum atomic E-state index is 7.49. The second kappa shape index (κ2) is 2.48. The van der Waals surface area contributed by atoms with Crippen molar-refractivity contribution in [1.29, 1.82) is 0 Å². The molecule has 0 saturated carbocycles. The summed E-state index contributed by atoms with van der Waals surface area (Å²) in [5.41, 5.74) is 4.91. The van der Waals surface area contributed by atoms with E-state index in [-0.39, 0.29) is 0 Å². The fraction of sp³-hybridized carbons (Fsp3) is 0.333. The predicted octanol–water partition coefficient (Wildman–Crippen LogP) is 3.26. The van der Waals surface area contributed by atoms with Gasteiger partial charge in [-0.05, 0) is 54.9 Å². The average Bonchev–Trinajstić information content (AvgIpc) is 2.55. The molecule has 0 heteroatoms. The van der Waals surface area contributed by atoms with Crippen molar-refractivity contribution in [2.75, 3.05) is 0 Å². The predicted molar refractivity (Wildman–Crippen MR) is 53.3 cm³/mol. The van der Waals surface area contributed by atoms with Crippen LogP contribution in [0.3, 0.4) is 0 Å².